The van der Waals surface area contributed by atoms with Gasteiger partial charge in [0.2, 0.25) is 10.0 Å². The molecule has 0 bridgehead atoms. The summed E-state index contributed by atoms with van der Waals surface area (Å²) in [4.78, 5) is 12.5. The molecule has 0 atom stereocenters. The number of non-ortho nitro benzene ring substituents is 1. The summed E-state index contributed by atoms with van der Waals surface area (Å²) >= 11 is 5.76. The van der Waals surface area contributed by atoms with Gasteiger partial charge in [0.15, 0.2) is 4.77 Å². The van der Waals surface area contributed by atoms with Crippen molar-refractivity contribution in [1.82, 2.24) is 18.3 Å². The predicted octanol–water partition coefficient (Wildman–Crippen LogP) is 3.63. The Balaban J connectivity index is 1.52. The third-order valence-corrected chi connectivity index (χ3v) is 8.04. The van der Waals surface area contributed by atoms with Crippen LogP contribution in [0.1, 0.15) is 19.9 Å². The lowest BCUT2D eigenvalue weighted by Gasteiger charge is -2.34. The van der Waals surface area contributed by atoms with Crippen LogP contribution in [-0.2, 0) is 16.7 Å². The van der Waals surface area contributed by atoms with Gasteiger partial charge in [-0.1, -0.05) is 18.2 Å². The average molecular weight is 476 g/mol. The van der Waals surface area contributed by atoms with Crippen LogP contribution in [0.15, 0.2) is 53.4 Å². The molecule has 0 spiro atoms. The minimum atomic E-state index is -3.79. The van der Waals surface area contributed by atoms with E-state index in [1.165, 1.54) is 22.5 Å². The molecule has 1 aromatic heterocycles. The third-order valence-electron chi connectivity index (χ3n) is 5.72. The number of nitro groups is 1. The first-order chi connectivity index (χ1) is 15.2. The fourth-order valence-corrected chi connectivity index (χ4v) is 6.01. The molecule has 0 N–H and O–H groups in total. The van der Waals surface area contributed by atoms with Crippen molar-refractivity contribution in [2.45, 2.75) is 31.5 Å². The van der Waals surface area contributed by atoms with Gasteiger partial charge in [0.1, 0.15) is 0 Å². The fourth-order valence-electron chi connectivity index (χ4n) is 4.09. The predicted molar refractivity (Wildman–Crippen MR) is 125 cm³/mol. The molecule has 2 heterocycles. The second-order valence-electron chi connectivity index (χ2n) is 8.08. The van der Waals surface area contributed by atoms with E-state index in [0.29, 0.717) is 32.8 Å². The van der Waals surface area contributed by atoms with Crippen LogP contribution in [-0.4, -0.2) is 57.9 Å². The van der Waals surface area contributed by atoms with Crippen LogP contribution in [0, 0.1) is 14.9 Å². The molecule has 0 unspecified atom stereocenters. The average Bonchev–Trinajstić information content (AvgIpc) is 3.06. The van der Waals surface area contributed by atoms with Gasteiger partial charge in [-0.2, -0.15) is 4.31 Å². The molecule has 4 rings (SSSR count). The van der Waals surface area contributed by atoms with Gasteiger partial charge in [0.05, 0.1) is 27.5 Å². The Morgan fingerprint density at radius 2 is 1.69 bits per heavy atom. The molecule has 9 nitrogen and oxygen atoms in total. The van der Waals surface area contributed by atoms with Crippen LogP contribution in [0.2, 0.25) is 0 Å². The maximum Gasteiger partial charge on any atom is 0.270 e. The van der Waals surface area contributed by atoms with Crippen LogP contribution < -0.4 is 0 Å². The molecule has 32 heavy (non-hydrogen) atoms. The van der Waals surface area contributed by atoms with Crippen molar-refractivity contribution in [2.75, 3.05) is 26.2 Å². The Kier molecular flexibility index (Phi) is 6.17. The number of nitro benzene ring substituents is 1. The largest absolute Gasteiger partial charge is 0.314 e. The number of hydrogen-bond donors (Lipinski definition) is 0. The normalized spacial score (nSPS) is 16.1. The minimum Gasteiger partial charge on any atom is -0.314 e. The number of para-hydroxylation sites is 2. The lowest BCUT2D eigenvalue weighted by atomic mass is 10.3. The first-order valence-corrected chi connectivity index (χ1v) is 12.2. The van der Waals surface area contributed by atoms with Crippen LogP contribution in [0.3, 0.4) is 0 Å². The molecule has 0 amide bonds. The summed E-state index contributed by atoms with van der Waals surface area (Å²) in [6.07, 6.45) is 0. The molecular formula is C21H25N5O4S2. The Labute approximate surface area is 191 Å². The molecule has 2 aromatic carbocycles. The van der Waals surface area contributed by atoms with Gasteiger partial charge < -0.3 is 9.13 Å². The number of benzene rings is 2. The number of sulfonamides is 1. The van der Waals surface area contributed by atoms with E-state index in [0.717, 1.165) is 21.9 Å². The summed E-state index contributed by atoms with van der Waals surface area (Å²) < 4.78 is 32.3. The van der Waals surface area contributed by atoms with Gasteiger partial charge in [-0.3, -0.25) is 15.0 Å². The quantitative estimate of drug-likeness (QED) is 0.307. The summed E-state index contributed by atoms with van der Waals surface area (Å²) in [6, 6.07) is 13.5. The minimum absolute atomic E-state index is 0.0534. The second kappa shape index (κ2) is 8.74. The van der Waals surface area contributed by atoms with Crippen molar-refractivity contribution in [1.29, 1.82) is 0 Å². The molecule has 1 aliphatic heterocycles. The summed E-state index contributed by atoms with van der Waals surface area (Å²) in [7, 11) is -3.79. The van der Waals surface area contributed by atoms with E-state index in [4.69, 9.17) is 12.2 Å². The fraction of sp³-hybridized carbons (Fsp3) is 0.381. The van der Waals surface area contributed by atoms with E-state index in [9.17, 15) is 18.5 Å². The van der Waals surface area contributed by atoms with Gasteiger partial charge in [-0.05, 0) is 44.3 Å². The molecule has 0 radical (unpaired) electrons. The van der Waals surface area contributed by atoms with Gasteiger partial charge in [-0.25, -0.2) is 8.42 Å². The number of fused-ring (bicyclic) bond motifs is 1. The smallest absolute Gasteiger partial charge is 0.270 e. The van der Waals surface area contributed by atoms with Crippen molar-refractivity contribution >= 4 is 39.0 Å². The summed E-state index contributed by atoms with van der Waals surface area (Å²) in [6.45, 7) is 6.47. The number of hydrogen-bond acceptors (Lipinski definition) is 6. The first kappa shape index (κ1) is 22.6. The number of imidazole rings is 1. The highest BCUT2D eigenvalue weighted by Crippen LogP contribution is 2.24. The standard InChI is InChI=1S/C21H25N5O4S2/c1-16(2)25-20-9-4-3-8-19(20)24(21(25)31)15-22-10-12-23(13-11-22)32(29,30)18-7-5-6-17(14-18)26(27)28/h3-9,14,16H,10-13,15H2,1-2H3. The molecular weight excluding hydrogens is 450 g/mol. The van der Waals surface area contributed by atoms with Crippen molar-refractivity contribution in [3.8, 4) is 0 Å². The molecule has 1 aliphatic rings. The molecule has 1 saturated heterocycles. The van der Waals surface area contributed by atoms with E-state index in [-0.39, 0.29) is 16.6 Å². The maximum absolute atomic E-state index is 13.0. The zero-order chi connectivity index (χ0) is 23.0. The summed E-state index contributed by atoms with van der Waals surface area (Å²) in [5.74, 6) is 0. The van der Waals surface area contributed by atoms with Gasteiger partial charge in [0, 0.05) is 44.4 Å². The zero-order valence-corrected chi connectivity index (χ0v) is 19.6. The molecule has 1 fully saturated rings. The van der Waals surface area contributed by atoms with Crippen molar-refractivity contribution in [2.24, 2.45) is 0 Å². The lowest BCUT2D eigenvalue weighted by Crippen LogP contribution is -2.48. The first-order valence-electron chi connectivity index (χ1n) is 10.4. The summed E-state index contributed by atoms with van der Waals surface area (Å²) in [5, 5.41) is 11.0. The van der Waals surface area contributed by atoms with Crippen LogP contribution in [0.5, 0.6) is 0 Å². The van der Waals surface area contributed by atoms with Crippen LogP contribution in [0.4, 0.5) is 5.69 Å². The van der Waals surface area contributed by atoms with Crippen molar-refractivity contribution < 1.29 is 13.3 Å². The molecule has 0 saturated carbocycles. The number of aromatic nitrogens is 2. The van der Waals surface area contributed by atoms with E-state index >= 15 is 0 Å². The molecule has 170 valence electrons. The van der Waals surface area contributed by atoms with E-state index in [1.807, 2.05) is 18.2 Å². The monoisotopic (exact) mass is 475 g/mol. The van der Waals surface area contributed by atoms with E-state index in [2.05, 4.69) is 33.9 Å². The van der Waals surface area contributed by atoms with Crippen LogP contribution in [0.25, 0.3) is 11.0 Å². The Morgan fingerprint density at radius 3 is 2.31 bits per heavy atom. The maximum atomic E-state index is 13.0. The van der Waals surface area contributed by atoms with Gasteiger partial charge >= 0.3 is 0 Å². The van der Waals surface area contributed by atoms with Gasteiger partial charge in [0.25, 0.3) is 5.69 Å². The van der Waals surface area contributed by atoms with Gasteiger partial charge in [-0.15, -0.1) is 0 Å². The topological polar surface area (TPSA) is 93.6 Å². The molecule has 3 aromatic rings. The Bertz CT molecular complexity index is 1320. The highest BCUT2D eigenvalue weighted by molar-refractivity contribution is 7.89. The number of nitrogens with zero attached hydrogens (tertiary/aromatic N) is 5. The lowest BCUT2D eigenvalue weighted by molar-refractivity contribution is -0.385. The van der Waals surface area contributed by atoms with Crippen molar-refractivity contribution in [3.63, 3.8) is 0 Å². The highest BCUT2D eigenvalue weighted by Gasteiger charge is 2.30. The number of rotatable bonds is 6. The SMILES string of the molecule is CC(C)n1c(=S)n(CN2CCN(S(=O)(=O)c3cccc([N+](=O)[O-])c3)CC2)c2ccccc21. The van der Waals surface area contributed by atoms with Crippen molar-refractivity contribution in [3.05, 3.63) is 63.4 Å². The zero-order valence-electron chi connectivity index (χ0n) is 17.9. The molecule has 11 heteroatoms. The Morgan fingerprint density at radius 1 is 1.03 bits per heavy atom. The molecule has 0 aliphatic carbocycles. The van der Waals surface area contributed by atoms with E-state index in [1.54, 1.807) is 0 Å². The second-order valence-corrected chi connectivity index (χ2v) is 10.4. The van der Waals surface area contributed by atoms with E-state index < -0.39 is 14.9 Å². The Hall–Kier alpha value is -2.60. The highest BCUT2D eigenvalue weighted by atomic mass is 32.2. The summed E-state index contributed by atoms with van der Waals surface area (Å²) in [5.41, 5.74) is 1.90. The number of piperazine rings is 1. The van der Waals surface area contributed by atoms with Crippen LogP contribution >= 0.6 is 12.2 Å². The third kappa shape index (κ3) is 4.08.